The molecule has 1 aromatic carbocycles. The molecule has 1 aliphatic heterocycles. The molecule has 1 aliphatic rings. The highest BCUT2D eigenvalue weighted by atomic mass is 16.6. The van der Waals surface area contributed by atoms with E-state index in [4.69, 9.17) is 15.6 Å². The van der Waals surface area contributed by atoms with Crippen LogP contribution in [0.2, 0.25) is 0 Å². The Kier molecular flexibility index (Phi) is 4.16. The first-order valence-corrected chi connectivity index (χ1v) is 6.08. The van der Waals surface area contributed by atoms with Gasteiger partial charge in [0.05, 0.1) is 29.8 Å². The molecule has 1 atom stereocenters. The van der Waals surface area contributed by atoms with Gasteiger partial charge < -0.3 is 20.5 Å². The summed E-state index contributed by atoms with van der Waals surface area (Å²) >= 11 is 0. The van der Waals surface area contributed by atoms with Gasteiger partial charge in [-0.2, -0.15) is 0 Å². The second-order valence-corrected chi connectivity index (χ2v) is 4.46. The maximum absolute atomic E-state index is 12.3. The third kappa shape index (κ3) is 2.86. The Labute approximate surface area is 114 Å². The zero-order valence-electron chi connectivity index (χ0n) is 10.7. The van der Waals surface area contributed by atoms with Crippen molar-refractivity contribution in [2.75, 3.05) is 32.0 Å². The van der Waals surface area contributed by atoms with E-state index in [1.165, 1.54) is 23.1 Å². The van der Waals surface area contributed by atoms with Crippen LogP contribution in [-0.4, -0.2) is 53.2 Å². The number of amides is 1. The molecule has 1 unspecified atom stereocenters. The Bertz CT molecular complexity index is 534. The van der Waals surface area contributed by atoms with Crippen LogP contribution in [-0.2, 0) is 4.74 Å². The molecule has 20 heavy (non-hydrogen) atoms. The molecule has 1 saturated heterocycles. The van der Waals surface area contributed by atoms with Crippen molar-refractivity contribution in [1.82, 2.24) is 4.90 Å². The van der Waals surface area contributed by atoms with Crippen molar-refractivity contribution >= 4 is 17.3 Å². The number of ether oxygens (including phenoxy) is 1. The van der Waals surface area contributed by atoms with Gasteiger partial charge in [-0.15, -0.1) is 0 Å². The van der Waals surface area contributed by atoms with Gasteiger partial charge in [0, 0.05) is 30.9 Å². The standard InChI is InChI=1S/C12H15N3O5/c13-11-2-1-8(15(18)19)5-10(11)12(17)14-3-4-20-9(6-14)7-16/h1-2,5,9,16H,3-4,6-7,13H2. The van der Waals surface area contributed by atoms with Crippen molar-refractivity contribution in [3.63, 3.8) is 0 Å². The quantitative estimate of drug-likeness (QED) is 0.457. The monoisotopic (exact) mass is 281 g/mol. The van der Waals surface area contributed by atoms with E-state index in [-0.39, 0.29) is 30.1 Å². The molecule has 0 spiro atoms. The SMILES string of the molecule is Nc1ccc([N+](=O)[O-])cc1C(=O)N1CCOC(CO)C1. The lowest BCUT2D eigenvalue weighted by molar-refractivity contribution is -0.384. The first-order chi connectivity index (χ1) is 9.52. The summed E-state index contributed by atoms with van der Waals surface area (Å²) in [5, 5.41) is 19.8. The van der Waals surface area contributed by atoms with Crippen LogP contribution in [0.25, 0.3) is 0 Å². The zero-order chi connectivity index (χ0) is 14.7. The lowest BCUT2D eigenvalue weighted by Crippen LogP contribution is -2.47. The largest absolute Gasteiger partial charge is 0.398 e. The molecule has 8 nitrogen and oxygen atoms in total. The fourth-order valence-electron chi connectivity index (χ4n) is 2.03. The van der Waals surface area contributed by atoms with E-state index < -0.39 is 16.9 Å². The lowest BCUT2D eigenvalue weighted by atomic mass is 10.1. The molecule has 1 heterocycles. The topological polar surface area (TPSA) is 119 Å². The number of nitro benzene ring substituents is 1. The van der Waals surface area contributed by atoms with Crippen molar-refractivity contribution < 1.29 is 19.6 Å². The van der Waals surface area contributed by atoms with Crippen LogP contribution in [0, 0.1) is 10.1 Å². The molecule has 8 heteroatoms. The maximum Gasteiger partial charge on any atom is 0.270 e. The van der Waals surface area contributed by atoms with Gasteiger partial charge in [-0.1, -0.05) is 0 Å². The van der Waals surface area contributed by atoms with E-state index in [9.17, 15) is 14.9 Å². The summed E-state index contributed by atoms with van der Waals surface area (Å²) in [4.78, 5) is 24.0. The second-order valence-electron chi connectivity index (χ2n) is 4.46. The van der Waals surface area contributed by atoms with Crippen molar-refractivity contribution in [3.8, 4) is 0 Å². The van der Waals surface area contributed by atoms with Gasteiger partial charge in [-0.25, -0.2) is 0 Å². The van der Waals surface area contributed by atoms with Gasteiger partial charge in [-0.3, -0.25) is 14.9 Å². The number of carbonyl (C=O) groups excluding carboxylic acids is 1. The van der Waals surface area contributed by atoms with E-state index in [0.717, 1.165) is 0 Å². The van der Waals surface area contributed by atoms with Crippen LogP contribution in [0.3, 0.4) is 0 Å². The van der Waals surface area contributed by atoms with Gasteiger partial charge in [0.15, 0.2) is 0 Å². The predicted molar refractivity (Wildman–Crippen MR) is 70.2 cm³/mol. The highest BCUT2D eigenvalue weighted by molar-refractivity contribution is 5.99. The molecule has 3 N–H and O–H groups in total. The molecule has 1 aromatic rings. The molecular weight excluding hydrogens is 266 g/mol. The fraction of sp³-hybridized carbons (Fsp3) is 0.417. The molecule has 1 amide bonds. The number of rotatable bonds is 3. The summed E-state index contributed by atoms with van der Waals surface area (Å²) in [6, 6.07) is 3.76. The lowest BCUT2D eigenvalue weighted by Gasteiger charge is -2.32. The van der Waals surface area contributed by atoms with Crippen molar-refractivity contribution in [1.29, 1.82) is 0 Å². The van der Waals surface area contributed by atoms with Gasteiger partial charge >= 0.3 is 0 Å². The third-order valence-electron chi connectivity index (χ3n) is 3.11. The van der Waals surface area contributed by atoms with Gasteiger partial charge in [0.25, 0.3) is 11.6 Å². The Morgan fingerprint density at radius 1 is 1.60 bits per heavy atom. The molecule has 0 saturated carbocycles. The summed E-state index contributed by atoms with van der Waals surface area (Å²) in [6.07, 6.45) is -0.437. The molecule has 0 radical (unpaired) electrons. The van der Waals surface area contributed by atoms with Crippen LogP contribution >= 0.6 is 0 Å². The number of nitrogens with zero attached hydrogens (tertiary/aromatic N) is 2. The number of aliphatic hydroxyl groups excluding tert-OH is 1. The van der Waals surface area contributed by atoms with Crippen LogP contribution < -0.4 is 5.73 Å². The van der Waals surface area contributed by atoms with Crippen molar-refractivity contribution in [3.05, 3.63) is 33.9 Å². The number of hydrogen-bond acceptors (Lipinski definition) is 6. The van der Waals surface area contributed by atoms with E-state index in [0.29, 0.717) is 13.2 Å². The number of carbonyl (C=O) groups is 1. The predicted octanol–water partition coefficient (Wildman–Crippen LogP) is 0.0103. The maximum atomic E-state index is 12.3. The number of hydrogen-bond donors (Lipinski definition) is 2. The number of benzene rings is 1. The molecular formula is C12H15N3O5. The Hall–Kier alpha value is -2.19. The number of morpholine rings is 1. The minimum atomic E-state index is -0.577. The first-order valence-electron chi connectivity index (χ1n) is 6.08. The second kappa shape index (κ2) is 5.85. The highest BCUT2D eigenvalue weighted by Gasteiger charge is 2.26. The van der Waals surface area contributed by atoms with Crippen LogP contribution in [0.4, 0.5) is 11.4 Å². The van der Waals surface area contributed by atoms with E-state index in [1.807, 2.05) is 0 Å². The van der Waals surface area contributed by atoms with Gasteiger partial charge in [0.1, 0.15) is 0 Å². The molecule has 2 rings (SSSR count). The number of aliphatic hydroxyl groups is 1. The third-order valence-corrected chi connectivity index (χ3v) is 3.11. The molecule has 0 bridgehead atoms. The van der Waals surface area contributed by atoms with Crippen molar-refractivity contribution in [2.24, 2.45) is 0 Å². The van der Waals surface area contributed by atoms with Crippen LogP contribution in [0.1, 0.15) is 10.4 Å². The summed E-state index contributed by atoms with van der Waals surface area (Å²) < 4.78 is 5.25. The van der Waals surface area contributed by atoms with Crippen molar-refractivity contribution in [2.45, 2.75) is 6.10 Å². The molecule has 0 aromatic heterocycles. The Morgan fingerprint density at radius 2 is 2.35 bits per heavy atom. The average molecular weight is 281 g/mol. The fourth-order valence-corrected chi connectivity index (χ4v) is 2.03. The highest BCUT2D eigenvalue weighted by Crippen LogP contribution is 2.22. The summed E-state index contributed by atoms with van der Waals surface area (Å²) in [5.41, 5.74) is 5.81. The number of anilines is 1. The Morgan fingerprint density at radius 3 is 3.00 bits per heavy atom. The number of nitrogen functional groups attached to an aromatic ring is 1. The van der Waals surface area contributed by atoms with Crippen LogP contribution in [0.15, 0.2) is 18.2 Å². The summed E-state index contributed by atoms with van der Waals surface area (Å²) in [5.74, 6) is -0.395. The smallest absolute Gasteiger partial charge is 0.270 e. The normalized spacial score (nSPS) is 18.9. The first kappa shape index (κ1) is 14.2. The van der Waals surface area contributed by atoms with E-state index in [2.05, 4.69) is 0 Å². The number of nitrogens with two attached hydrogens (primary N) is 1. The molecule has 1 fully saturated rings. The zero-order valence-corrected chi connectivity index (χ0v) is 10.7. The minimum Gasteiger partial charge on any atom is -0.398 e. The average Bonchev–Trinajstić information content (AvgIpc) is 2.46. The van der Waals surface area contributed by atoms with Crippen LogP contribution in [0.5, 0.6) is 0 Å². The molecule has 0 aliphatic carbocycles. The number of nitro groups is 1. The Balaban J connectivity index is 2.24. The van der Waals surface area contributed by atoms with Gasteiger partial charge in [-0.05, 0) is 6.07 Å². The number of non-ortho nitro benzene ring substituents is 1. The van der Waals surface area contributed by atoms with Gasteiger partial charge in [0.2, 0.25) is 0 Å². The summed E-state index contributed by atoms with van der Waals surface area (Å²) in [7, 11) is 0. The van der Waals surface area contributed by atoms with E-state index >= 15 is 0 Å². The minimum absolute atomic E-state index is 0.0952. The summed E-state index contributed by atoms with van der Waals surface area (Å²) in [6.45, 7) is 0.717. The molecule has 108 valence electrons. The van der Waals surface area contributed by atoms with E-state index in [1.54, 1.807) is 0 Å².